The molecule has 44 heavy (non-hydrogen) atoms. The summed E-state index contributed by atoms with van der Waals surface area (Å²) in [7, 11) is -3.89. The number of aliphatic hydroxyl groups excluding tert-OH is 2. The fourth-order valence-electron chi connectivity index (χ4n) is 11.1. The molecule has 1 aromatic rings. The molecule has 4 aliphatic carbocycles. The van der Waals surface area contributed by atoms with Crippen molar-refractivity contribution in [1.82, 2.24) is 4.72 Å². The molecule has 0 heterocycles. The van der Waals surface area contributed by atoms with Crippen LogP contribution in [-0.4, -0.2) is 36.7 Å². The molecule has 6 nitrogen and oxygen atoms in total. The van der Waals surface area contributed by atoms with Crippen molar-refractivity contribution in [2.45, 2.75) is 142 Å². The van der Waals surface area contributed by atoms with Crippen LogP contribution in [0, 0.1) is 52.3 Å². The molecule has 4 fully saturated rings. The van der Waals surface area contributed by atoms with E-state index in [-0.39, 0.29) is 45.7 Å². The average molecular weight is 630 g/mol. The van der Waals surface area contributed by atoms with Crippen LogP contribution < -0.4 is 4.72 Å². The number of sulfonamides is 1. The van der Waals surface area contributed by atoms with E-state index >= 15 is 0 Å². The van der Waals surface area contributed by atoms with Crippen molar-refractivity contribution in [3.05, 3.63) is 29.8 Å². The molecule has 5 rings (SSSR count). The van der Waals surface area contributed by atoms with E-state index in [4.69, 9.17) is 0 Å². The Morgan fingerprint density at radius 1 is 0.977 bits per heavy atom. The molecule has 1 aromatic carbocycles. The molecule has 0 aliphatic heterocycles. The number of nitrogens with one attached hydrogen (secondary N) is 1. The van der Waals surface area contributed by atoms with E-state index < -0.39 is 15.9 Å². The first-order chi connectivity index (χ1) is 20.5. The van der Waals surface area contributed by atoms with Gasteiger partial charge in [0.2, 0.25) is 5.91 Å². The van der Waals surface area contributed by atoms with E-state index in [1.165, 1.54) is 12.8 Å². The Kier molecular flexibility index (Phi) is 9.48. The molecule has 3 N–H and O–H groups in total. The van der Waals surface area contributed by atoms with Crippen molar-refractivity contribution < 1.29 is 23.4 Å². The van der Waals surface area contributed by atoms with Gasteiger partial charge in [0.05, 0.1) is 17.1 Å². The maximum Gasteiger partial charge on any atom is 0.264 e. The number of hydrogen-bond acceptors (Lipinski definition) is 5. The SMILES string of the molecule is CC[C@H]1[C@@H](O)[C@@H]2[C@H](CC[C@]3(C)[C@@H]([C@H](C)CCCC(=O)NS(=O)(=O)c4ccc(C(C)(C)C)cc4)CC[C@@H]23)[C@@]2(C)CC[C@@H](O)C[C@@H]12. The van der Waals surface area contributed by atoms with Gasteiger partial charge in [0.15, 0.2) is 0 Å². The summed E-state index contributed by atoms with van der Waals surface area (Å²) in [5.41, 5.74) is 1.36. The second-order valence-corrected chi connectivity index (χ2v) is 18.5. The zero-order valence-corrected chi connectivity index (χ0v) is 29.1. The van der Waals surface area contributed by atoms with E-state index in [1.807, 2.05) is 12.1 Å². The lowest BCUT2D eigenvalue weighted by Gasteiger charge is -2.64. The van der Waals surface area contributed by atoms with Crippen LogP contribution in [0.3, 0.4) is 0 Å². The van der Waals surface area contributed by atoms with Gasteiger partial charge in [0.1, 0.15) is 0 Å². The number of carbonyl (C=O) groups excluding carboxylic acids is 1. The number of amides is 1. The van der Waals surface area contributed by atoms with Crippen molar-refractivity contribution >= 4 is 15.9 Å². The first-order valence-electron chi connectivity index (χ1n) is 17.5. The van der Waals surface area contributed by atoms with Gasteiger partial charge in [-0.1, -0.05) is 67.0 Å². The molecule has 7 heteroatoms. The zero-order valence-electron chi connectivity index (χ0n) is 28.3. The Hall–Kier alpha value is -1.44. The minimum Gasteiger partial charge on any atom is -0.393 e. The summed E-state index contributed by atoms with van der Waals surface area (Å²) in [4.78, 5) is 12.9. The predicted molar refractivity (Wildman–Crippen MR) is 175 cm³/mol. The number of benzene rings is 1. The highest BCUT2D eigenvalue weighted by molar-refractivity contribution is 7.90. The molecule has 4 saturated carbocycles. The topological polar surface area (TPSA) is 104 Å². The van der Waals surface area contributed by atoms with Gasteiger partial charge in [0.25, 0.3) is 10.0 Å². The number of fused-ring (bicyclic) bond motifs is 5. The molecule has 4 aliphatic rings. The van der Waals surface area contributed by atoms with Crippen molar-refractivity contribution in [2.75, 3.05) is 0 Å². The highest BCUT2D eigenvalue weighted by Crippen LogP contribution is 2.69. The molecule has 0 bridgehead atoms. The van der Waals surface area contributed by atoms with Crippen LogP contribution in [-0.2, 0) is 20.2 Å². The summed E-state index contributed by atoms with van der Waals surface area (Å²) in [5.74, 6) is 2.59. The summed E-state index contributed by atoms with van der Waals surface area (Å²) in [5, 5.41) is 22.5. The van der Waals surface area contributed by atoms with Gasteiger partial charge in [-0.25, -0.2) is 13.1 Å². The predicted octanol–water partition coefficient (Wildman–Crippen LogP) is 7.22. The van der Waals surface area contributed by atoms with Crippen LogP contribution in [0.15, 0.2) is 29.2 Å². The minimum atomic E-state index is -3.89. The van der Waals surface area contributed by atoms with Gasteiger partial charge in [0, 0.05) is 6.42 Å². The van der Waals surface area contributed by atoms with Crippen molar-refractivity contribution in [2.24, 2.45) is 52.3 Å². The van der Waals surface area contributed by atoms with Gasteiger partial charge in [-0.05, 0) is 133 Å². The van der Waals surface area contributed by atoms with Crippen molar-refractivity contribution in [3.8, 4) is 0 Å². The van der Waals surface area contributed by atoms with E-state index in [2.05, 4.69) is 53.2 Å². The molecule has 0 aromatic heterocycles. The van der Waals surface area contributed by atoms with Crippen LogP contribution in [0.1, 0.15) is 125 Å². The highest BCUT2D eigenvalue weighted by atomic mass is 32.2. The number of aliphatic hydroxyl groups is 2. The quantitative estimate of drug-likeness (QED) is 0.282. The second kappa shape index (κ2) is 12.3. The van der Waals surface area contributed by atoms with E-state index in [9.17, 15) is 23.4 Å². The highest BCUT2D eigenvalue weighted by Gasteiger charge is 2.64. The lowest BCUT2D eigenvalue weighted by molar-refractivity contribution is -0.203. The molecule has 1 amide bonds. The van der Waals surface area contributed by atoms with Crippen LogP contribution >= 0.6 is 0 Å². The first-order valence-corrected chi connectivity index (χ1v) is 19.0. The summed E-state index contributed by atoms with van der Waals surface area (Å²) in [6.45, 7) is 15.8. The molecule has 0 unspecified atom stereocenters. The monoisotopic (exact) mass is 629 g/mol. The van der Waals surface area contributed by atoms with Gasteiger partial charge < -0.3 is 10.2 Å². The van der Waals surface area contributed by atoms with Gasteiger partial charge in [-0.2, -0.15) is 0 Å². The average Bonchev–Trinajstić information content (AvgIpc) is 3.30. The standard InChI is InChI=1S/C37H59NO5S/c1-8-27-31-22-25(39)18-20-37(31,7)30-19-21-36(6)28(16-17-29(36)33(30)34(27)41)23(2)10-9-11-32(40)38-44(42,43)26-14-12-24(13-15-26)35(3,4)5/h12-15,23,25,27-31,33-34,39,41H,8-11,16-22H2,1-7H3,(H,38,40)/t23-,25-,27-,28-,29+,30+,31+,33+,34-,36-,37-/m1/s1. The molecule has 0 saturated heterocycles. The maximum absolute atomic E-state index is 12.9. The Morgan fingerprint density at radius 3 is 2.25 bits per heavy atom. The zero-order chi connectivity index (χ0) is 32.2. The molecule has 0 spiro atoms. The first kappa shape index (κ1) is 33.9. The molecular weight excluding hydrogens is 570 g/mol. The largest absolute Gasteiger partial charge is 0.393 e. The van der Waals surface area contributed by atoms with Crippen LogP contribution in [0.25, 0.3) is 0 Å². The molecule has 11 atom stereocenters. The second-order valence-electron chi connectivity index (χ2n) is 16.8. The lowest BCUT2D eigenvalue weighted by atomic mass is 9.41. The summed E-state index contributed by atoms with van der Waals surface area (Å²) in [6, 6.07) is 6.79. The number of hydrogen-bond donors (Lipinski definition) is 3. The van der Waals surface area contributed by atoms with Crippen molar-refractivity contribution in [3.63, 3.8) is 0 Å². The third-order valence-electron chi connectivity index (χ3n) is 13.5. The maximum atomic E-state index is 12.9. The van der Waals surface area contributed by atoms with Crippen molar-refractivity contribution in [1.29, 1.82) is 0 Å². The number of carbonyl (C=O) groups is 1. The molecule has 248 valence electrons. The number of rotatable bonds is 8. The Labute approximate surface area is 267 Å². The summed E-state index contributed by atoms with van der Waals surface area (Å²) >= 11 is 0. The third-order valence-corrected chi connectivity index (χ3v) is 14.9. The smallest absolute Gasteiger partial charge is 0.264 e. The summed E-state index contributed by atoms with van der Waals surface area (Å²) in [6.07, 6.45) is 9.71. The molecular formula is C37H59NO5S. The lowest BCUT2D eigenvalue weighted by Crippen LogP contribution is -2.62. The van der Waals surface area contributed by atoms with Crippen LogP contribution in [0.5, 0.6) is 0 Å². The minimum absolute atomic E-state index is 0.0762. The van der Waals surface area contributed by atoms with Gasteiger partial charge in [-0.3, -0.25) is 4.79 Å². The Balaban J connectivity index is 1.19. The van der Waals surface area contributed by atoms with E-state index in [0.29, 0.717) is 41.9 Å². The van der Waals surface area contributed by atoms with Gasteiger partial charge in [-0.15, -0.1) is 0 Å². The Bertz CT molecular complexity index is 1290. The van der Waals surface area contributed by atoms with E-state index in [1.54, 1.807) is 12.1 Å². The van der Waals surface area contributed by atoms with Crippen LogP contribution in [0.4, 0.5) is 0 Å². The third kappa shape index (κ3) is 6.03. The molecule has 0 radical (unpaired) electrons. The van der Waals surface area contributed by atoms with Crippen LogP contribution in [0.2, 0.25) is 0 Å². The Morgan fingerprint density at radius 2 is 1.61 bits per heavy atom. The fraction of sp³-hybridized carbons (Fsp3) is 0.811. The normalized spacial score (nSPS) is 39.6. The fourth-order valence-corrected chi connectivity index (χ4v) is 12.1. The van der Waals surface area contributed by atoms with E-state index in [0.717, 1.165) is 50.5 Å². The van der Waals surface area contributed by atoms with Gasteiger partial charge >= 0.3 is 0 Å². The summed E-state index contributed by atoms with van der Waals surface area (Å²) < 4.78 is 28.0.